The number of alkyl halides is 1. The first-order valence-electron chi connectivity index (χ1n) is 26.2. The van der Waals surface area contributed by atoms with Crippen LogP contribution in [0.1, 0.15) is 62.1 Å². The van der Waals surface area contributed by atoms with E-state index in [4.69, 9.17) is 47.4 Å². The molecule has 87 heavy (non-hydrogen) atoms. The molecule has 2 saturated heterocycles. The Morgan fingerprint density at radius 2 is 0.736 bits per heavy atom. The van der Waals surface area contributed by atoms with Gasteiger partial charge in [0.15, 0.2) is 49.5 Å². The first-order chi connectivity index (χ1) is 41.3. The summed E-state index contributed by atoms with van der Waals surface area (Å²) in [4.78, 5) is 97.9. The van der Waals surface area contributed by atoms with Gasteiger partial charge in [-0.3, -0.25) is 0 Å². The van der Waals surface area contributed by atoms with Gasteiger partial charge in [0, 0.05) is 0 Å². The van der Waals surface area contributed by atoms with Gasteiger partial charge in [-0.1, -0.05) is 109 Å². The minimum absolute atomic E-state index is 0.00372. The van der Waals surface area contributed by atoms with Gasteiger partial charge in [0.1, 0.15) is 31.2 Å². The number of benzene rings is 6. The van der Waals surface area contributed by atoms with Crippen LogP contribution in [0.3, 0.4) is 0 Å². The molecule has 0 saturated carbocycles. The third-order valence-electron chi connectivity index (χ3n) is 12.7. The summed E-state index contributed by atoms with van der Waals surface area (Å²) in [6.45, 7) is -1.87. The molecule has 2 aliphatic heterocycles. The summed E-state index contributed by atoms with van der Waals surface area (Å²) in [5.41, 5.74) is 0.0771. The summed E-state index contributed by atoms with van der Waals surface area (Å²) in [6.07, 6.45) is -14.4. The van der Waals surface area contributed by atoms with Gasteiger partial charge in [-0.2, -0.15) is 0 Å². The molecular weight excluding hydrogens is 1180 g/mol. The van der Waals surface area contributed by atoms with E-state index in [1.807, 2.05) is 0 Å². The monoisotopic (exact) mass is 1240 g/mol. The molecule has 1 aromatic heterocycles. The van der Waals surface area contributed by atoms with Gasteiger partial charge in [0.25, 0.3) is 0 Å². The number of halogens is 7. The van der Waals surface area contributed by atoms with Crippen molar-refractivity contribution in [3.8, 4) is 0 Å². The topological polar surface area (TPSA) is 221 Å². The fourth-order valence-electron chi connectivity index (χ4n) is 8.70. The zero-order valence-corrected chi connectivity index (χ0v) is 46.3. The van der Waals surface area contributed by atoms with Gasteiger partial charge < -0.3 is 47.4 Å². The number of aromatic nitrogens is 2. The molecule has 0 spiro atoms. The second-order valence-electron chi connectivity index (χ2n) is 19.2. The summed E-state index contributed by atoms with van der Waals surface area (Å²) < 4.78 is 140. The molecule has 458 valence electrons. The normalized spacial score (nSPS) is 22.4. The summed E-state index contributed by atoms with van der Waals surface area (Å²) in [7, 11) is -8.91. The fraction of sp³-hybridized carbons (Fsp3) is 0.233. The Bertz CT molecular complexity index is 3480. The number of imidazole rings is 1. The summed E-state index contributed by atoms with van der Waals surface area (Å²) in [5, 5.41) is 0. The zero-order chi connectivity index (χ0) is 62.4. The van der Waals surface area contributed by atoms with E-state index in [0.29, 0.717) is 0 Å². The van der Waals surface area contributed by atoms with Crippen LogP contribution in [0.15, 0.2) is 201 Å². The van der Waals surface area contributed by atoms with E-state index in [-0.39, 0.29) is 39.9 Å². The number of ether oxygens (including phenoxy) is 10. The Labute approximate surface area is 490 Å². The Morgan fingerprint density at radius 3 is 1.07 bits per heavy atom. The molecule has 0 bridgehead atoms. The van der Waals surface area contributed by atoms with Crippen molar-refractivity contribution in [3.63, 3.8) is 0 Å². The Kier molecular flexibility index (Phi) is 20.0. The van der Waals surface area contributed by atoms with E-state index in [9.17, 15) is 58.7 Å². The molecule has 0 aliphatic carbocycles. The summed E-state index contributed by atoms with van der Waals surface area (Å²) >= 11 is 0. The maximum atomic E-state index is 17.0. The molecule has 7 aromatic rings. The van der Waals surface area contributed by atoms with Crippen LogP contribution in [-0.2, 0) is 65.8 Å². The van der Waals surface area contributed by atoms with Crippen LogP contribution in [0, 0.1) is 0 Å². The second-order valence-corrected chi connectivity index (χ2v) is 21.1. The van der Waals surface area contributed by atoms with E-state index >= 15 is 4.39 Å². The van der Waals surface area contributed by atoms with Crippen molar-refractivity contribution in [2.24, 2.45) is 7.05 Å². The second kappa shape index (κ2) is 27.3. The number of rotatable bonds is 19. The Hall–Kier alpha value is -9.36. The molecule has 10 unspecified atom stereocenters. The number of carbonyl (C=O) groups excluding carboxylic acids is 7. The predicted octanol–water partition coefficient (Wildman–Crippen LogP) is 10.0. The zero-order valence-electron chi connectivity index (χ0n) is 45.4. The molecule has 6 aromatic carbocycles. The molecule has 10 atom stereocenters. The van der Waals surface area contributed by atoms with E-state index in [2.05, 4.69) is 0 Å². The van der Waals surface area contributed by atoms with Gasteiger partial charge in [-0.05, 0) is 72.8 Å². The van der Waals surface area contributed by atoms with Gasteiger partial charge in [0.2, 0.25) is 12.7 Å². The van der Waals surface area contributed by atoms with Crippen molar-refractivity contribution >= 4 is 49.6 Å². The average Bonchev–Trinajstić information content (AvgIpc) is 1.45. The summed E-state index contributed by atoms with van der Waals surface area (Å²) in [5.74, 6) is -6.81. The van der Waals surface area contributed by atoms with E-state index < -0.39 is 124 Å². The van der Waals surface area contributed by atoms with Gasteiger partial charge in [-0.25, -0.2) is 47.1 Å². The van der Waals surface area contributed by atoms with E-state index in [1.54, 1.807) is 140 Å². The minimum atomic E-state index is -10.7. The molecule has 0 amide bonds. The molecule has 2 fully saturated rings. The SMILES string of the molecule is C[n+]1ccn(CC(=O)OCC2OC(OCC3OC(F)C(OC(=O)c4ccccc4)C(OC(=O)c4ccccc4)C3OC(=O)c3ccccc3)C(OC(=O)c3ccccc3)C(OC(=O)c3ccccc3)C2OC(=O)c2ccccc2)c1.F[P-](F)(F)(F)(F)F. The third-order valence-corrected chi connectivity index (χ3v) is 12.7. The predicted molar refractivity (Wildman–Crippen MR) is 288 cm³/mol. The van der Waals surface area contributed by atoms with Gasteiger partial charge in [-0.15, -0.1) is 0 Å². The molecular formula is C60H52F7N2O17P. The number of nitrogens with zero attached hydrogens (tertiary/aromatic N) is 2. The van der Waals surface area contributed by atoms with Crippen LogP contribution < -0.4 is 4.57 Å². The molecule has 9 rings (SSSR count). The van der Waals surface area contributed by atoms with Gasteiger partial charge in [0.05, 0.1) is 47.0 Å². The van der Waals surface area contributed by atoms with Crippen LogP contribution in [0.5, 0.6) is 0 Å². The average molecular weight is 1240 g/mol. The molecule has 0 N–H and O–H groups in total. The Balaban J connectivity index is 0.00000132. The van der Waals surface area contributed by atoms with Crippen molar-refractivity contribution in [1.82, 2.24) is 4.57 Å². The van der Waals surface area contributed by atoms with Gasteiger partial charge >= 0.3 is 74.8 Å². The number of carbonyl (C=O) groups is 7. The van der Waals surface area contributed by atoms with E-state index in [1.165, 1.54) is 77.4 Å². The molecule has 19 nitrogen and oxygen atoms in total. The third kappa shape index (κ3) is 19.1. The summed E-state index contributed by atoms with van der Waals surface area (Å²) in [6, 6.07) is 45.8. The number of aryl methyl sites for hydroxylation is 1. The number of esters is 7. The fourth-order valence-corrected chi connectivity index (χ4v) is 8.70. The van der Waals surface area contributed by atoms with Crippen molar-refractivity contribution in [3.05, 3.63) is 234 Å². The molecule has 0 radical (unpaired) electrons. The first-order valence-corrected chi connectivity index (χ1v) is 28.2. The molecule has 27 heteroatoms. The molecule has 2 aliphatic rings. The Morgan fingerprint density at radius 1 is 0.437 bits per heavy atom. The van der Waals surface area contributed by atoms with Crippen LogP contribution in [0.2, 0.25) is 0 Å². The number of hydrogen-bond acceptors (Lipinski definition) is 17. The van der Waals surface area contributed by atoms with Crippen LogP contribution in [0.25, 0.3) is 0 Å². The number of hydrogen-bond donors (Lipinski definition) is 0. The maximum absolute atomic E-state index is 17.0. The van der Waals surface area contributed by atoms with Crippen LogP contribution in [-0.4, -0.2) is 121 Å². The van der Waals surface area contributed by atoms with Crippen LogP contribution >= 0.6 is 7.81 Å². The molecule has 3 heterocycles. The standard InChI is InChI=1S/C60H52FN2O17.F6P/c1-62-32-33-63(37-62)34-46(64)71-35-45-48(76-55(66)39-22-10-3-11-23-39)50(78-57(68)41-26-14-5-15-27-41)52(80-59(70)43-30-18-7-19-31-43)60(74-45)72-36-44-47(75-54(65)38-20-8-2-9-21-38)49(77-56(67)40-24-12-4-13-25-40)51(53(61)73-44)79-58(69)42-28-16-6-17-29-42;1-7(2,3,4,5)6/h2-33,37,44-45,47-53,60H,34-36H2,1H3;/q+1;-1. The van der Waals surface area contributed by atoms with Crippen molar-refractivity contribution in [1.29, 1.82) is 0 Å². The first kappa shape index (κ1) is 63.7. The quantitative estimate of drug-likeness (QED) is 0.0242. The van der Waals surface area contributed by atoms with Crippen molar-refractivity contribution in [2.45, 2.75) is 68.0 Å². The van der Waals surface area contributed by atoms with Crippen molar-refractivity contribution in [2.75, 3.05) is 13.2 Å². The van der Waals surface area contributed by atoms with Crippen molar-refractivity contribution < 1.29 is 115 Å². The van der Waals surface area contributed by atoms with E-state index in [0.717, 1.165) is 0 Å². The van der Waals surface area contributed by atoms with Crippen LogP contribution in [0.4, 0.5) is 29.6 Å².